The molecule has 0 unspecified atom stereocenters. The zero-order valence-electron chi connectivity index (χ0n) is 7.32. The Morgan fingerprint density at radius 2 is 2.15 bits per heavy atom. The molecule has 0 aliphatic carbocycles. The van der Waals surface area contributed by atoms with Crippen molar-refractivity contribution in [3.8, 4) is 5.75 Å². The number of fused-ring (bicyclic) bond motifs is 1. The summed E-state index contributed by atoms with van der Waals surface area (Å²) in [5.41, 5.74) is 7.23. The summed E-state index contributed by atoms with van der Waals surface area (Å²) in [7, 11) is 1.60. The second-order valence-corrected chi connectivity index (χ2v) is 2.76. The lowest BCUT2D eigenvalue weighted by molar-refractivity contribution is 0.417. The van der Waals surface area contributed by atoms with Gasteiger partial charge >= 0.3 is 0 Å². The third kappa shape index (κ3) is 1.18. The van der Waals surface area contributed by atoms with E-state index in [9.17, 15) is 0 Å². The van der Waals surface area contributed by atoms with E-state index in [4.69, 9.17) is 10.5 Å². The van der Waals surface area contributed by atoms with Gasteiger partial charge in [-0.3, -0.25) is 4.98 Å². The first-order valence-electron chi connectivity index (χ1n) is 4.00. The molecule has 2 rings (SSSR count). The van der Waals surface area contributed by atoms with Gasteiger partial charge in [0.05, 0.1) is 12.6 Å². The van der Waals surface area contributed by atoms with Crippen LogP contribution in [-0.4, -0.2) is 12.1 Å². The van der Waals surface area contributed by atoms with E-state index in [-0.39, 0.29) is 0 Å². The molecule has 0 aliphatic rings. The van der Waals surface area contributed by atoms with Crippen LogP contribution in [0.1, 0.15) is 0 Å². The minimum Gasteiger partial charge on any atom is -0.495 e. The van der Waals surface area contributed by atoms with Crippen LogP contribution in [0.2, 0.25) is 0 Å². The zero-order valence-corrected chi connectivity index (χ0v) is 7.32. The molecule has 2 aromatic rings. The van der Waals surface area contributed by atoms with Crippen molar-refractivity contribution < 1.29 is 4.74 Å². The van der Waals surface area contributed by atoms with Crippen LogP contribution >= 0.6 is 0 Å². The highest BCUT2D eigenvalue weighted by Gasteiger charge is 2.03. The van der Waals surface area contributed by atoms with Gasteiger partial charge in [-0.25, -0.2) is 0 Å². The van der Waals surface area contributed by atoms with Crippen molar-refractivity contribution in [3.63, 3.8) is 0 Å². The van der Waals surface area contributed by atoms with Crippen LogP contribution in [0.25, 0.3) is 10.9 Å². The van der Waals surface area contributed by atoms with Gasteiger partial charge in [-0.15, -0.1) is 0 Å². The number of aromatic nitrogens is 1. The van der Waals surface area contributed by atoms with Crippen LogP contribution in [0.15, 0.2) is 30.5 Å². The van der Waals surface area contributed by atoms with Gasteiger partial charge in [-0.1, -0.05) is 6.07 Å². The number of ether oxygens (including phenoxy) is 1. The molecule has 0 amide bonds. The Morgan fingerprint density at radius 1 is 1.31 bits per heavy atom. The largest absolute Gasteiger partial charge is 0.495 e. The number of pyridine rings is 1. The number of benzene rings is 1. The van der Waals surface area contributed by atoms with E-state index < -0.39 is 0 Å². The van der Waals surface area contributed by atoms with E-state index >= 15 is 0 Å². The summed E-state index contributed by atoms with van der Waals surface area (Å²) in [6.07, 6.45) is 1.72. The predicted molar refractivity (Wildman–Crippen MR) is 52.7 cm³/mol. The van der Waals surface area contributed by atoms with Gasteiger partial charge in [-0.2, -0.15) is 0 Å². The molecule has 0 saturated heterocycles. The third-order valence-electron chi connectivity index (χ3n) is 1.99. The normalized spacial score (nSPS) is 10.2. The Hall–Kier alpha value is -1.77. The topological polar surface area (TPSA) is 48.1 Å². The number of anilines is 1. The zero-order chi connectivity index (χ0) is 9.26. The average Bonchev–Trinajstić information content (AvgIpc) is 2.19. The number of nitrogens with two attached hydrogens (primary N) is 1. The maximum atomic E-state index is 5.84. The molecular formula is C10H10N2O. The molecule has 3 heteroatoms. The molecule has 0 atom stereocenters. The fourth-order valence-corrected chi connectivity index (χ4v) is 1.33. The molecule has 13 heavy (non-hydrogen) atoms. The fourth-order valence-electron chi connectivity index (χ4n) is 1.33. The van der Waals surface area contributed by atoms with Crippen molar-refractivity contribution in [2.75, 3.05) is 12.8 Å². The van der Waals surface area contributed by atoms with E-state index in [1.807, 2.05) is 24.3 Å². The summed E-state index contributed by atoms with van der Waals surface area (Å²) < 4.78 is 5.09. The summed E-state index contributed by atoms with van der Waals surface area (Å²) in [4.78, 5) is 4.18. The maximum absolute atomic E-state index is 5.84. The second-order valence-electron chi connectivity index (χ2n) is 2.76. The van der Waals surface area contributed by atoms with Crippen LogP contribution in [0, 0.1) is 0 Å². The number of nitrogen functional groups attached to an aromatic ring is 1. The van der Waals surface area contributed by atoms with Crippen molar-refractivity contribution in [3.05, 3.63) is 30.5 Å². The Kier molecular flexibility index (Phi) is 1.77. The lowest BCUT2D eigenvalue weighted by Crippen LogP contribution is -1.94. The Labute approximate surface area is 76.2 Å². The van der Waals surface area contributed by atoms with E-state index in [1.165, 1.54) is 0 Å². The molecule has 0 spiro atoms. The second kappa shape index (κ2) is 2.94. The molecule has 2 N–H and O–H groups in total. The van der Waals surface area contributed by atoms with Crippen LogP contribution < -0.4 is 10.5 Å². The quantitative estimate of drug-likeness (QED) is 0.671. The minimum absolute atomic E-state index is 0.598. The van der Waals surface area contributed by atoms with E-state index in [1.54, 1.807) is 13.3 Å². The lowest BCUT2D eigenvalue weighted by atomic mass is 10.2. The Morgan fingerprint density at radius 3 is 2.92 bits per heavy atom. The van der Waals surface area contributed by atoms with Gasteiger partial charge < -0.3 is 10.5 Å². The fraction of sp³-hybridized carbons (Fsp3) is 0.100. The van der Waals surface area contributed by atoms with Crippen LogP contribution in [0.3, 0.4) is 0 Å². The van der Waals surface area contributed by atoms with Crippen LogP contribution in [-0.2, 0) is 0 Å². The number of methoxy groups -OCH3 is 1. The van der Waals surface area contributed by atoms with Crippen molar-refractivity contribution >= 4 is 16.6 Å². The first kappa shape index (κ1) is 7.86. The van der Waals surface area contributed by atoms with Gasteiger partial charge in [0.15, 0.2) is 0 Å². The number of hydrogen-bond acceptors (Lipinski definition) is 3. The van der Waals surface area contributed by atoms with E-state index in [0.717, 1.165) is 10.9 Å². The molecule has 0 fully saturated rings. The number of rotatable bonds is 1. The Balaban J connectivity index is 2.79. The summed E-state index contributed by atoms with van der Waals surface area (Å²) in [6.45, 7) is 0. The summed E-state index contributed by atoms with van der Waals surface area (Å²) >= 11 is 0. The van der Waals surface area contributed by atoms with Crippen molar-refractivity contribution in [1.82, 2.24) is 4.98 Å². The molecule has 0 radical (unpaired) electrons. The maximum Gasteiger partial charge on any atom is 0.144 e. The molecule has 0 bridgehead atoms. The SMILES string of the molecule is COc1ccc2cccnc2c1N. The summed E-state index contributed by atoms with van der Waals surface area (Å²) in [5, 5.41) is 1.03. The smallest absolute Gasteiger partial charge is 0.144 e. The first-order valence-corrected chi connectivity index (χ1v) is 4.00. The molecule has 1 aromatic heterocycles. The van der Waals surface area contributed by atoms with Gasteiger partial charge in [0.25, 0.3) is 0 Å². The summed E-state index contributed by atoms with van der Waals surface area (Å²) in [5.74, 6) is 0.672. The van der Waals surface area contributed by atoms with Gasteiger partial charge in [-0.05, 0) is 18.2 Å². The molecule has 1 aromatic carbocycles. The molecular weight excluding hydrogens is 164 g/mol. The monoisotopic (exact) mass is 174 g/mol. The average molecular weight is 174 g/mol. The van der Waals surface area contributed by atoms with Gasteiger partial charge in [0, 0.05) is 11.6 Å². The van der Waals surface area contributed by atoms with E-state index in [0.29, 0.717) is 11.4 Å². The first-order chi connectivity index (χ1) is 6.33. The van der Waals surface area contributed by atoms with Crippen LogP contribution in [0.5, 0.6) is 5.75 Å². The van der Waals surface area contributed by atoms with Crippen molar-refractivity contribution in [2.24, 2.45) is 0 Å². The summed E-state index contributed by atoms with van der Waals surface area (Å²) in [6, 6.07) is 7.64. The molecule has 0 aliphatic heterocycles. The van der Waals surface area contributed by atoms with Crippen molar-refractivity contribution in [1.29, 1.82) is 0 Å². The highest BCUT2D eigenvalue weighted by atomic mass is 16.5. The van der Waals surface area contributed by atoms with Crippen LogP contribution in [0.4, 0.5) is 5.69 Å². The molecule has 0 saturated carbocycles. The third-order valence-corrected chi connectivity index (χ3v) is 1.99. The predicted octanol–water partition coefficient (Wildman–Crippen LogP) is 1.83. The van der Waals surface area contributed by atoms with Crippen molar-refractivity contribution in [2.45, 2.75) is 0 Å². The highest BCUT2D eigenvalue weighted by Crippen LogP contribution is 2.28. The number of nitrogens with zero attached hydrogens (tertiary/aromatic N) is 1. The minimum atomic E-state index is 0.598. The lowest BCUT2D eigenvalue weighted by Gasteiger charge is -2.05. The van der Waals surface area contributed by atoms with Gasteiger partial charge in [0.1, 0.15) is 11.4 Å². The number of hydrogen-bond donors (Lipinski definition) is 1. The molecule has 3 nitrogen and oxygen atoms in total. The molecule has 1 heterocycles. The standard InChI is InChI=1S/C10H10N2O/c1-13-8-5-4-7-3-2-6-12-10(7)9(8)11/h2-6H,11H2,1H3. The van der Waals surface area contributed by atoms with Gasteiger partial charge in [0.2, 0.25) is 0 Å². The van der Waals surface area contributed by atoms with E-state index in [2.05, 4.69) is 4.98 Å². The molecule has 66 valence electrons. The highest BCUT2D eigenvalue weighted by molar-refractivity contribution is 5.92. The Bertz CT molecular complexity index is 440.